The lowest BCUT2D eigenvalue weighted by atomic mass is 10.2. The summed E-state index contributed by atoms with van der Waals surface area (Å²) in [5.74, 6) is 0.382. The number of hydrogen-bond donors (Lipinski definition) is 2. The number of amides is 1. The Morgan fingerprint density at radius 1 is 1.44 bits per heavy atom. The highest BCUT2D eigenvalue weighted by Crippen LogP contribution is 2.31. The molecular formula is C11H18Cl2N4O. The van der Waals surface area contributed by atoms with E-state index in [1.165, 1.54) is 19.0 Å². The fourth-order valence-electron chi connectivity index (χ4n) is 1.50. The van der Waals surface area contributed by atoms with Crippen LogP contribution in [0.3, 0.4) is 0 Å². The summed E-state index contributed by atoms with van der Waals surface area (Å²) >= 11 is 0. The van der Waals surface area contributed by atoms with Crippen molar-refractivity contribution in [3.8, 4) is 0 Å². The molecule has 1 unspecified atom stereocenters. The van der Waals surface area contributed by atoms with Crippen molar-refractivity contribution in [3.63, 3.8) is 0 Å². The summed E-state index contributed by atoms with van der Waals surface area (Å²) in [4.78, 5) is 19.7. The average Bonchev–Trinajstić information content (AvgIpc) is 3.10. The molecule has 0 spiro atoms. The molecule has 0 bridgehead atoms. The van der Waals surface area contributed by atoms with Crippen LogP contribution in [0.2, 0.25) is 0 Å². The van der Waals surface area contributed by atoms with Gasteiger partial charge in [-0.05, 0) is 25.7 Å². The van der Waals surface area contributed by atoms with Gasteiger partial charge >= 0.3 is 0 Å². The van der Waals surface area contributed by atoms with Crippen molar-refractivity contribution in [3.05, 3.63) is 23.8 Å². The normalized spacial score (nSPS) is 15.0. The van der Waals surface area contributed by atoms with E-state index >= 15 is 0 Å². The molecule has 0 aromatic carbocycles. The van der Waals surface area contributed by atoms with Crippen molar-refractivity contribution >= 4 is 30.7 Å². The zero-order valence-corrected chi connectivity index (χ0v) is 11.8. The van der Waals surface area contributed by atoms with Crippen LogP contribution in [0.15, 0.2) is 12.4 Å². The molecule has 5 nitrogen and oxygen atoms in total. The van der Waals surface area contributed by atoms with Crippen molar-refractivity contribution in [2.75, 3.05) is 6.54 Å². The predicted octanol–water partition coefficient (Wildman–Crippen LogP) is 1.10. The van der Waals surface area contributed by atoms with Gasteiger partial charge < -0.3 is 11.1 Å². The molecule has 3 N–H and O–H groups in total. The van der Waals surface area contributed by atoms with Crippen LogP contribution in [0.4, 0.5) is 0 Å². The number of nitrogens with one attached hydrogen (secondary N) is 1. The summed E-state index contributed by atoms with van der Waals surface area (Å²) in [5.41, 5.74) is 7.02. The monoisotopic (exact) mass is 292 g/mol. The molecule has 18 heavy (non-hydrogen) atoms. The number of halogens is 2. The van der Waals surface area contributed by atoms with Crippen molar-refractivity contribution in [1.82, 2.24) is 15.3 Å². The molecule has 1 fully saturated rings. The second-order valence-corrected chi connectivity index (χ2v) is 4.25. The van der Waals surface area contributed by atoms with Gasteiger partial charge in [0.2, 0.25) is 0 Å². The number of carbonyl (C=O) groups is 1. The highest BCUT2D eigenvalue weighted by molar-refractivity contribution is 5.91. The number of nitrogens with two attached hydrogens (primary N) is 1. The molecule has 1 heterocycles. The zero-order chi connectivity index (χ0) is 11.5. The Hall–Kier alpha value is -0.910. The summed E-state index contributed by atoms with van der Waals surface area (Å²) in [6.45, 7) is 2.34. The fourth-order valence-corrected chi connectivity index (χ4v) is 1.50. The Kier molecular flexibility index (Phi) is 7.13. The molecule has 1 amide bonds. The van der Waals surface area contributed by atoms with E-state index in [1.807, 2.05) is 6.92 Å². The number of aryl methyl sites for hydroxylation is 1. The summed E-state index contributed by atoms with van der Waals surface area (Å²) < 4.78 is 0. The molecule has 1 aromatic heterocycles. The van der Waals surface area contributed by atoms with E-state index in [0.29, 0.717) is 18.2 Å². The summed E-state index contributed by atoms with van der Waals surface area (Å²) in [5, 5.41) is 2.77. The highest BCUT2D eigenvalue weighted by Gasteiger charge is 2.28. The molecule has 1 aromatic rings. The molecule has 2 rings (SSSR count). The van der Waals surface area contributed by atoms with Crippen LogP contribution in [0, 0.1) is 12.8 Å². The molecule has 1 aliphatic rings. The van der Waals surface area contributed by atoms with Crippen LogP contribution in [0.5, 0.6) is 0 Å². The van der Waals surface area contributed by atoms with Crippen LogP contribution < -0.4 is 11.1 Å². The number of aromatic nitrogens is 2. The first-order chi connectivity index (χ1) is 7.66. The Bertz CT molecular complexity index is 381. The minimum atomic E-state index is -0.205. The van der Waals surface area contributed by atoms with Crippen molar-refractivity contribution in [2.45, 2.75) is 25.8 Å². The molecule has 1 atom stereocenters. The average molecular weight is 293 g/mol. The highest BCUT2D eigenvalue weighted by atomic mass is 35.5. The Morgan fingerprint density at radius 2 is 2.11 bits per heavy atom. The van der Waals surface area contributed by atoms with E-state index in [-0.39, 0.29) is 36.8 Å². The van der Waals surface area contributed by atoms with Gasteiger partial charge in [-0.15, -0.1) is 24.8 Å². The number of hydrogen-bond acceptors (Lipinski definition) is 4. The van der Waals surface area contributed by atoms with Crippen LogP contribution >= 0.6 is 24.8 Å². The SMILES string of the molecule is Cc1cnc(C(=O)NCC(N)C2CC2)cn1.Cl.Cl. The van der Waals surface area contributed by atoms with Crippen LogP contribution in [-0.2, 0) is 0 Å². The van der Waals surface area contributed by atoms with E-state index in [0.717, 1.165) is 5.69 Å². The van der Waals surface area contributed by atoms with Gasteiger partial charge in [0.15, 0.2) is 0 Å². The van der Waals surface area contributed by atoms with Crippen molar-refractivity contribution < 1.29 is 4.79 Å². The van der Waals surface area contributed by atoms with Crippen molar-refractivity contribution in [2.24, 2.45) is 11.7 Å². The maximum atomic E-state index is 11.6. The number of nitrogens with zero attached hydrogens (tertiary/aromatic N) is 2. The van der Waals surface area contributed by atoms with Gasteiger partial charge in [-0.3, -0.25) is 9.78 Å². The summed E-state index contributed by atoms with van der Waals surface area (Å²) in [6, 6.07) is 0.0716. The van der Waals surface area contributed by atoms with E-state index in [4.69, 9.17) is 5.73 Å². The van der Waals surface area contributed by atoms with Crippen LogP contribution in [0.1, 0.15) is 29.0 Å². The molecule has 0 saturated heterocycles. The predicted molar refractivity (Wildman–Crippen MR) is 74.3 cm³/mol. The van der Waals surface area contributed by atoms with Gasteiger partial charge in [0.05, 0.1) is 11.9 Å². The lowest BCUT2D eigenvalue weighted by Gasteiger charge is -2.10. The van der Waals surface area contributed by atoms with Gasteiger partial charge in [0, 0.05) is 18.8 Å². The molecule has 1 saturated carbocycles. The van der Waals surface area contributed by atoms with Crippen molar-refractivity contribution in [1.29, 1.82) is 0 Å². The molecular weight excluding hydrogens is 275 g/mol. The molecule has 102 valence electrons. The first kappa shape index (κ1) is 17.1. The van der Waals surface area contributed by atoms with E-state index in [1.54, 1.807) is 6.20 Å². The Morgan fingerprint density at radius 3 is 2.61 bits per heavy atom. The quantitative estimate of drug-likeness (QED) is 0.871. The van der Waals surface area contributed by atoms with Gasteiger partial charge in [-0.1, -0.05) is 0 Å². The number of carbonyl (C=O) groups excluding carboxylic acids is 1. The third-order valence-corrected chi connectivity index (χ3v) is 2.74. The van der Waals surface area contributed by atoms with E-state index in [9.17, 15) is 4.79 Å². The largest absolute Gasteiger partial charge is 0.349 e. The second-order valence-electron chi connectivity index (χ2n) is 4.25. The van der Waals surface area contributed by atoms with Gasteiger partial charge in [0.1, 0.15) is 5.69 Å². The fraction of sp³-hybridized carbons (Fsp3) is 0.545. The van der Waals surface area contributed by atoms with E-state index in [2.05, 4.69) is 15.3 Å². The molecule has 0 aliphatic heterocycles. The minimum absolute atomic E-state index is 0. The Balaban J connectivity index is 0.00000144. The van der Waals surface area contributed by atoms with Gasteiger partial charge in [-0.25, -0.2) is 4.98 Å². The van der Waals surface area contributed by atoms with Crippen LogP contribution in [-0.4, -0.2) is 28.5 Å². The first-order valence-corrected chi connectivity index (χ1v) is 5.49. The lowest BCUT2D eigenvalue weighted by Crippen LogP contribution is -2.38. The Labute approximate surface area is 119 Å². The van der Waals surface area contributed by atoms with Crippen LogP contribution in [0.25, 0.3) is 0 Å². The standard InChI is InChI=1S/C11H16N4O.2ClH/c1-7-4-14-10(6-13-7)11(16)15-5-9(12)8-2-3-8;;/h4,6,8-9H,2-3,5,12H2,1H3,(H,15,16);2*1H. The number of rotatable bonds is 4. The molecule has 7 heteroatoms. The first-order valence-electron chi connectivity index (χ1n) is 5.49. The third-order valence-electron chi connectivity index (χ3n) is 2.74. The van der Waals surface area contributed by atoms with Gasteiger partial charge in [-0.2, -0.15) is 0 Å². The smallest absolute Gasteiger partial charge is 0.271 e. The molecule has 1 aliphatic carbocycles. The minimum Gasteiger partial charge on any atom is -0.349 e. The van der Waals surface area contributed by atoms with E-state index < -0.39 is 0 Å². The summed E-state index contributed by atoms with van der Waals surface area (Å²) in [7, 11) is 0. The zero-order valence-electron chi connectivity index (χ0n) is 10.1. The third kappa shape index (κ3) is 4.76. The maximum Gasteiger partial charge on any atom is 0.271 e. The summed E-state index contributed by atoms with van der Waals surface area (Å²) in [6.07, 6.45) is 5.42. The topological polar surface area (TPSA) is 80.9 Å². The van der Waals surface area contributed by atoms with Gasteiger partial charge in [0.25, 0.3) is 5.91 Å². The lowest BCUT2D eigenvalue weighted by molar-refractivity contribution is 0.0945. The molecule has 0 radical (unpaired) electrons. The second kappa shape index (κ2) is 7.51. The maximum absolute atomic E-state index is 11.6.